The summed E-state index contributed by atoms with van der Waals surface area (Å²) in [7, 11) is 2.68. The van der Waals surface area contributed by atoms with Crippen molar-refractivity contribution in [1.29, 1.82) is 0 Å². The molecule has 2 heterocycles. The van der Waals surface area contributed by atoms with E-state index in [0.717, 1.165) is 0 Å². The Labute approximate surface area is 265 Å². The van der Waals surface area contributed by atoms with E-state index < -0.39 is 91.5 Å². The standard InChI is InChI=1S/C13H23NO8S.C10H18O7.Na/c1-6-8(22-13(20-2)11(17)10(6)16)3-21-4-9(15)14-7(5-23)12(18)19;1-5-6(3-16-4-7(11)12)17-10(15-2)9(14)8(5)13;/h6-8,10-11,13,16-17,23H,3-5H2,1-2H3,(H,14,15)(H,18,19);5-6,8-10,13-14H,3-4H2,1-2H3,(H,11,12);/q;;+1/p-1/t6-,7+,8?,10+,11?,13-;5-,6?,8+,9?,10-;/m11./s1. The minimum Gasteiger partial charge on any atom is -0.548 e. The fourth-order valence-electron chi connectivity index (χ4n) is 3.86. The fraction of sp³-hybridized carbons (Fsp3) is 0.870. The Kier molecular flexibility index (Phi) is 20.0. The van der Waals surface area contributed by atoms with Crippen LogP contribution < -0.4 is 40.0 Å². The predicted octanol–water partition coefficient (Wildman–Crippen LogP) is -7.28. The van der Waals surface area contributed by atoms with Crippen molar-refractivity contribution < 1.29 is 103 Å². The van der Waals surface area contributed by atoms with Gasteiger partial charge in [-0.15, -0.1) is 0 Å². The smallest absolute Gasteiger partial charge is 0.548 e. The number of aliphatic carboxylic acids is 2. The first-order chi connectivity index (χ1) is 18.8. The molecule has 1 amide bonds. The van der Waals surface area contributed by atoms with Gasteiger partial charge in [-0.2, -0.15) is 12.6 Å². The summed E-state index contributed by atoms with van der Waals surface area (Å²) in [5, 5.41) is 60.2. The van der Waals surface area contributed by atoms with E-state index in [1.165, 1.54) is 14.2 Å². The van der Waals surface area contributed by atoms with Crippen LogP contribution in [0.15, 0.2) is 0 Å². The van der Waals surface area contributed by atoms with Crippen molar-refractivity contribution in [3.63, 3.8) is 0 Å². The van der Waals surface area contributed by atoms with E-state index in [-0.39, 0.29) is 55.1 Å². The molecule has 0 bridgehead atoms. The SMILES string of the molecule is CO[C@@H]1OC(COCC(=O)N[C@@H](CS)C(=O)O)[C@@H](C)[C@H](O)C1O.CO[C@@H]1OC(COCC(=O)[O-])[C@@H](C)[C@H](O)C1O.[Na+]. The molecule has 0 radical (unpaired) electrons. The third kappa shape index (κ3) is 12.9. The first kappa shape index (κ1) is 40.4. The van der Waals surface area contributed by atoms with Crippen molar-refractivity contribution in [1.82, 2.24) is 5.32 Å². The van der Waals surface area contributed by atoms with Crippen LogP contribution in [0.1, 0.15) is 13.8 Å². The molecule has 16 nitrogen and oxygen atoms in total. The van der Waals surface area contributed by atoms with E-state index in [1.807, 2.05) is 0 Å². The molecule has 0 aromatic rings. The van der Waals surface area contributed by atoms with Crippen LogP contribution in [0, 0.1) is 11.8 Å². The van der Waals surface area contributed by atoms with E-state index in [9.17, 15) is 39.9 Å². The Hall–Kier alpha value is -0.640. The molecule has 2 aliphatic rings. The van der Waals surface area contributed by atoms with Gasteiger partial charge in [-0.05, 0) is 0 Å². The number of carbonyl (C=O) groups is 3. The number of aliphatic hydroxyl groups is 4. The summed E-state index contributed by atoms with van der Waals surface area (Å²) in [5.41, 5.74) is 0. The molecule has 2 saturated heterocycles. The van der Waals surface area contributed by atoms with Crippen LogP contribution >= 0.6 is 12.6 Å². The van der Waals surface area contributed by atoms with Crippen LogP contribution in [0.4, 0.5) is 0 Å². The normalized spacial score (nSPS) is 33.9. The molecule has 2 fully saturated rings. The Morgan fingerprint density at radius 3 is 1.61 bits per heavy atom. The van der Waals surface area contributed by atoms with Gasteiger partial charge in [-0.3, -0.25) is 4.79 Å². The molecule has 234 valence electrons. The van der Waals surface area contributed by atoms with E-state index in [1.54, 1.807) is 13.8 Å². The minimum absolute atomic E-state index is 0. The van der Waals surface area contributed by atoms with E-state index in [0.29, 0.717) is 0 Å². The Morgan fingerprint density at radius 1 is 0.854 bits per heavy atom. The molecule has 0 aromatic heterocycles. The van der Waals surface area contributed by atoms with Crippen molar-refractivity contribution in [3.05, 3.63) is 0 Å². The molecule has 41 heavy (non-hydrogen) atoms. The number of nitrogens with one attached hydrogen (secondary N) is 1. The maximum atomic E-state index is 11.6. The number of carboxylic acids is 2. The number of carbonyl (C=O) groups excluding carboxylic acids is 2. The summed E-state index contributed by atoms with van der Waals surface area (Å²) >= 11 is 3.83. The van der Waals surface area contributed by atoms with Crippen LogP contribution in [0.25, 0.3) is 0 Å². The Bertz CT molecular complexity index is 794. The number of amides is 1. The number of aliphatic hydroxyl groups excluding tert-OH is 4. The topological polar surface area (TPSA) is 243 Å². The van der Waals surface area contributed by atoms with Gasteiger partial charge in [0, 0.05) is 31.8 Å². The number of ether oxygens (including phenoxy) is 6. The van der Waals surface area contributed by atoms with Gasteiger partial charge in [0.05, 0.1) is 50.2 Å². The zero-order chi connectivity index (χ0) is 30.6. The van der Waals surface area contributed by atoms with Crippen molar-refractivity contribution in [2.24, 2.45) is 11.8 Å². The summed E-state index contributed by atoms with van der Waals surface area (Å²) in [5.74, 6) is -3.96. The minimum atomic E-state index is -1.32. The second-order valence-corrected chi connectivity index (χ2v) is 9.65. The molecule has 6 N–H and O–H groups in total. The maximum absolute atomic E-state index is 11.6. The van der Waals surface area contributed by atoms with Crippen molar-refractivity contribution in [2.45, 2.75) is 69.1 Å². The molecule has 0 spiro atoms. The summed E-state index contributed by atoms with van der Waals surface area (Å²) in [6.07, 6.45) is -7.40. The number of methoxy groups -OCH3 is 2. The van der Waals surface area contributed by atoms with E-state index in [4.69, 9.17) is 33.5 Å². The molecule has 0 saturated carbocycles. The molecule has 11 atom stereocenters. The molecular formula is C23H40NNaO15S. The van der Waals surface area contributed by atoms with E-state index >= 15 is 0 Å². The first-order valence-corrected chi connectivity index (χ1v) is 13.0. The van der Waals surface area contributed by atoms with Gasteiger partial charge in [-0.1, -0.05) is 13.8 Å². The van der Waals surface area contributed by atoms with E-state index in [2.05, 4.69) is 17.9 Å². The predicted molar refractivity (Wildman–Crippen MR) is 134 cm³/mol. The second kappa shape index (κ2) is 20.3. The van der Waals surface area contributed by atoms with Crippen molar-refractivity contribution in [3.8, 4) is 0 Å². The largest absolute Gasteiger partial charge is 1.00 e. The second-order valence-electron chi connectivity index (χ2n) is 9.28. The van der Waals surface area contributed by atoms with Gasteiger partial charge in [-0.25, -0.2) is 4.79 Å². The average molecular weight is 626 g/mol. The van der Waals surface area contributed by atoms with Gasteiger partial charge >= 0.3 is 35.5 Å². The van der Waals surface area contributed by atoms with Crippen molar-refractivity contribution in [2.75, 3.05) is 46.4 Å². The number of hydrogen-bond acceptors (Lipinski definition) is 15. The summed E-state index contributed by atoms with van der Waals surface area (Å²) in [4.78, 5) is 32.5. The van der Waals surface area contributed by atoms with Gasteiger partial charge in [0.1, 0.15) is 24.9 Å². The maximum Gasteiger partial charge on any atom is 1.00 e. The fourth-order valence-corrected chi connectivity index (χ4v) is 4.10. The summed E-state index contributed by atoms with van der Waals surface area (Å²) in [6, 6.07) is -1.09. The Morgan fingerprint density at radius 2 is 1.27 bits per heavy atom. The molecular weight excluding hydrogens is 585 g/mol. The van der Waals surface area contributed by atoms with Gasteiger partial charge in [0.25, 0.3) is 0 Å². The molecule has 0 aliphatic carbocycles. The quantitative estimate of drug-likeness (QED) is 0.0743. The number of rotatable bonds is 13. The molecule has 0 aromatic carbocycles. The van der Waals surface area contributed by atoms with Crippen LogP contribution in [0.5, 0.6) is 0 Å². The number of hydrogen-bond donors (Lipinski definition) is 7. The van der Waals surface area contributed by atoms with Gasteiger partial charge in [0.2, 0.25) is 5.91 Å². The molecule has 4 unspecified atom stereocenters. The van der Waals surface area contributed by atoms with Gasteiger partial charge < -0.3 is 69.2 Å². The van der Waals surface area contributed by atoms with Crippen LogP contribution in [0.3, 0.4) is 0 Å². The summed E-state index contributed by atoms with van der Waals surface area (Å²) in [6.45, 7) is 2.42. The first-order valence-electron chi connectivity index (χ1n) is 12.4. The number of carboxylic acid groups (broad SMARTS) is 2. The molecule has 2 rings (SSSR count). The Balaban J connectivity index is 0.000000794. The molecule has 18 heteroatoms. The van der Waals surface area contributed by atoms with Crippen LogP contribution in [-0.2, 0) is 42.8 Å². The summed E-state index contributed by atoms with van der Waals surface area (Å²) < 4.78 is 30.6. The van der Waals surface area contributed by atoms with Crippen LogP contribution in [0.2, 0.25) is 0 Å². The monoisotopic (exact) mass is 625 g/mol. The number of thiol groups is 1. The zero-order valence-corrected chi connectivity index (χ0v) is 26.5. The third-order valence-electron chi connectivity index (χ3n) is 6.42. The van der Waals surface area contributed by atoms with Gasteiger partial charge in [0.15, 0.2) is 12.6 Å². The third-order valence-corrected chi connectivity index (χ3v) is 6.79. The van der Waals surface area contributed by atoms with Crippen molar-refractivity contribution >= 4 is 30.5 Å². The average Bonchev–Trinajstić information content (AvgIpc) is 2.91. The zero-order valence-electron chi connectivity index (χ0n) is 23.7. The molecule has 2 aliphatic heterocycles. The van der Waals surface area contributed by atoms with Crippen LogP contribution in [-0.4, -0.2) is 145 Å².